The van der Waals surface area contributed by atoms with E-state index in [1.165, 1.54) is 5.06 Å². The fraction of sp³-hybridized carbons (Fsp3) is 0.235. The molecule has 0 bridgehead atoms. The largest absolute Gasteiger partial charge is 0.475 e. The van der Waals surface area contributed by atoms with Crippen LogP contribution in [0, 0.1) is 10.1 Å². The Kier molecular flexibility index (Phi) is 5.63. The molecule has 0 aliphatic carbocycles. The van der Waals surface area contributed by atoms with Gasteiger partial charge in [0.05, 0.1) is 6.61 Å². The second-order valence-corrected chi connectivity index (χ2v) is 5.97. The average Bonchev–Trinajstić information content (AvgIpc) is 3.22. The number of hydrogen-bond donors (Lipinski definition) is 1. The number of hydrogen-bond acceptors (Lipinski definition) is 7. The molecule has 27 heavy (non-hydrogen) atoms. The van der Waals surface area contributed by atoms with Crippen LogP contribution < -0.4 is 0 Å². The molecule has 1 unspecified atom stereocenters. The van der Waals surface area contributed by atoms with Gasteiger partial charge in [0.25, 0.3) is 5.09 Å². The zero-order valence-corrected chi connectivity index (χ0v) is 14.7. The van der Waals surface area contributed by atoms with E-state index >= 15 is 0 Å². The van der Waals surface area contributed by atoms with E-state index in [0.29, 0.717) is 16.9 Å². The minimum atomic E-state index is -1.24. The molecule has 2 aromatic rings. The molecule has 10 heteroatoms. The van der Waals surface area contributed by atoms with Crippen LogP contribution in [0.1, 0.15) is 23.8 Å². The number of aliphatic carboxylic acids is 1. The van der Waals surface area contributed by atoms with Crippen molar-refractivity contribution in [3.63, 3.8) is 0 Å². The Hall–Kier alpha value is -3.04. The van der Waals surface area contributed by atoms with Crippen LogP contribution in [-0.2, 0) is 14.5 Å². The Bertz CT molecular complexity index is 865. The first-order valence-corrected chi connectivity index (χ1v) is 8.35. The topological polar surface area (TPSA) is 115 Å². The minimum Gasteiger partial charge on any atom is -0.475 e. The van der Waals surface area contributed by atoms with Gasteiger partial charge in [-0.3, -0.25) is 0 Å². The predicted octanol–water partition coefficient (Wildman–Crippen LogP) is 3.32. The first-order valence-electron chi connectivity index (χ1n) is 7.97. The van der Waals surface area contributed by atoms with Crippen LogP contribution in [0.25, 0.3) is 5.57 Å². The molecule has 0 saturated carbocycles. The van der Waals surface area contributed by atoms with Gasteiger partial charge in [0.2, 0.25) is 5.76 Å². The summed E-state index contributed by atoms with van der Waals surface area (Å²) >= 11 is 5.89. The molecular formula is C17H15ClN2O7. The van der Waals surface area contributed by atoms with Gasteiger partial charge >= 0.3 is 5.97 Å². The number of carboxylic acid groups (broad SMARTS) is 1. The zero-order valence-electron chi connectivity index (χ0n) is 13.9. The third-order valence-electron chi connectivity index (χ3n) is 3.88. The first-order chi connectivity index (χ1) is 13.0. The summed E-state index contributed by atoms with van der Waals surface area (Å²) < 4.78 is 5.50. The lowest BCUT2D eigenvalue weighted by atomic mass is 9.95. The smallest absolute Gasteiger partial charge is 0.374 e. The van der Waals surface area contributed by atoms with Gasteiger partial charge < -0.3 is 19.2 Å². The van der Waals surface area contributed by atoms with Gasteiger partial charge in [-0.2, -0.15) is 0 Å². The fourth-order valence-corrected chi connectivity index (χ4v) is 2.99. The van der Waals surface area contributed by atoms with E-state index in [1.807, 2.05) is 6.07 Å². The van der Waals surface area contributed by atoms with Crippen LogP contribution in [0.2, 0.25) is 5.22 Å². The molecule has 0 saturated heterocycles. The molecular weight excluding hydrogens is 380 g/mol. The molecule has 2 heterocycles. The second-order valence-electron chi connectivity index (χ2n) is 5.60. The highest BCUT2D eigenvalue weighted by molar-refractivity contribution is 6.28. The maximum absolute atomic E-state index is 11.8. The third-order valence-corrected chi connectivity index (χ3v) is 4.08. The first kappa shape index (κ1) is 18.7. The fourth-order valence-electron chi connectivity index (χ4n) is 2.84. The lowest BCUT2D eigenvalue weighted by Gasteiger charge is -2.22. The summed E-state index contributed by atoms with van der Waals surface area (Å²) in [6, 6.07) is 11.4. The summed E-state index contributed by atoms with van der Waals surface area (Å²) in [4.78, 5) is 31.9. The van der Waals surface area contributed by atoms with Crippen molar-refractivity contribution in [1.82, 2.24) is 5.06 Å². The summed E-state index contributed by atoms with van der Waals surface area (Å²) in [6.45, 7) is 0.0194. The maximum atomic E-state index is 11.8. The van der Waals surface area contributed by atoms with Gasteiger partial charge in [-0.15, -0.1) is 15.2 Å². The Morgan fingerprint density at radius 2 is 2.04 bits per heavy atom. The number of carboxylic acids is 1. The van der Waals surface area contributed by atoms with Crippen molar-refractivity contribution in [2.45, 2.75) is 12.5 Å². The Labute approximate surface area is 158 Å². The summed E-state index contributed by atoms with van der Waals surface area (Å²) in [7, 11) is 0. The van der Waals surface area contributed by atoms with E-state index in [0.717, 1.165) is 0 Å². The lowest BCUT2D eigenvalue weighted by molar-refractivity contribution is -0.757. The predicted molar refractivity (Wildman–Crippen MR) is 92.8 cm³/mol. The van der Waals surface area contributed by atoms with Crippen molar-refractivity contribution in [3.05, 3.63) is 74.9 Å². The number of hydroxylamine groups is 2. The third kappa shape index (κ3) is 4.21. The van der Waals surface area contributed by atoms with E-state index in [2.05, 4.69) is 4.84 Å². The van der Waals surface area contributed by atoms with Crippen LogP contribution >= 0.6 is 11.6 Å². The van der Waals surface area contributed by atoms with Gasteiger partial charge in [0.1, 0.15) is 11.8 Å². The van der Waals surface area contributed by atoms with E-state index in [9.17, 15) is 20.0 Å². The summed E-state index contributed by atoms with van der Waals surface area (Å²) in [5.74, 6) is -1.08. The standard InChI is InChI=1S/C17H15ClN2O7/c18-13-8-7-12(26-13)15-14(11-5-2-1-3-6-11)16(17(21)22)27-19(15)9-4-10-25-20(23)24/h1-3,5-8,15H,4,9-10H2,(H,21,22). The van der Waals surface area contributed by atoms with Gasteiger partial charge in [-0.1, -0.05) is 30.3 Å². The number of halogens is 1. The van der Waals surface area contributed by atoms with E-state index in [-0.39, 0.29) is 30.6 Å². The molecule has 1 aliphatic rings. The van der Waals surface area contributed by atoms with Crippen LogP contribution in [-0.4, -0.2) is 34.4 Å². The number of carbonyl (C=O) groups is 1. The van der Waals surface area contributed by atoms with Crippen molar-refractivity contribution in [3.8, 4) is 0 Å². The van der Waals surface area contributed by atoms with Crippen LogP contribution in [0.4, 0.5) is 0 Å². The molecule has 0 amide bonds. The molecule has 142 valence electrons. The number of furan rings is 1. The van der Waals surface area contributed by atoms with E-state index in [1.54, 1.807) is 36.4 Å². The molecule has 1 aromatic heterocycles. The average molecular weight is 395 g/mol. The van der Waals surface area contributed by atoms with Gasteiger partial charge in [0.15, 0.2) is 5.22 Å². The number of nitrogens with zero attached hydrogens (tertiary/aromatic N) is 2. The summed E-state index contributed by atoms with van der Waals surface area (Å²) in [6.07, 6.45) is 0.237. The highest BCUT2D eigenvalue weighted by Gasteiger charge is 2.41. The highest BCUT2D eigenvalue weighted by atomic mass is 35.5. The molecule has 0 spiro atoms. The lowest BCUT2D eigenvalue weighted by Crippen LogP contribution is -2.26. The van der Waals surface area contributed by atoms with Crippen molar-refractivity contribution < 1.29 is 29.1 Å². The Morgan fingerprint density at radius 3 is 2.63 bits per heavy atom. The maximum Gasteiger partial charge on any atom is 0.374 e. The minimum absolute atomic E-state index is 0.151. The van der Waals surface area contributed by atoms with Crippen molar-refractivity contribution in [1.29, 1.82) is 0 Å². The quantitative estimate of drug-likeness (QED) is 0.412. The monoisotopic (exact) mass is 394 g/mol. The second kappa shape index (κ2) is 8.11. The van der Waals surface area contributed by atoms with Crippen molar-refractivity contribution >= 4 is 23.1 Å². The Morgan fingerprint density at radius 1 is 1.30 bits per heavy atom. The SMILES string of the molecule is O=C(O)C1=C(c2ccccc2)C(c2ccc(Cl)o2)N(CCCO[N+](=O)[O-])O1. The molecule has 0 radical (unpaired) electrons. The number of rotatable bonds is 8. The van der Waals surface area contributed by atoms with Gasteiger partial charge in [-0.05, 0) is 35.7 Å². The van der Waals surface area contributed by atoms with Crippen LogP contribution in [0.5, 0.6) is 0 Å². The molecule has 1 aliphatic heterocycles. The van der Waals surface area contributed by atoms with Crippen LogP contribution in [0.3, 0.4) is 0 Å². The highest BCUT2D eigenvalue weighted by Crippen LogP contribution is 2.44. The number of benzene rings is 1. The molecule has 9 nitrogen and oxygen atoms in total. The van der Waals surface area contributed by atoms with Gasteiger partial charge in [0, 0.05) is 12.1 Å². The normalized spacial score (nSPS) is 17.0. The van der Waals surface area contributed by atoms with Gasteiger partial charge in [-0.25, -0.2) is 4.79 Å². The van der Waals surface area contributed by atoms with Crippen molar-refractivity contribution in [2.75, 3.05) is 13.2 Å². The van der Waals surface area contributed by atoms with Crippen molar-refractivity contribution in [2.24, 2.45) is 0 Å². The molecule has 1 atom stereocenters. The zero-order chi connectivity index (χ0) is 19.4. The molecule has 0 fully saturated rings. The summed E-state index contributed by atoms with van der Waals surface area (Å²) in [5, 5.41) is 20.5. The summed E-state index contributed by atoms with van der Waals surface area (Å²) in [5.41, 5.74) is 1.06. The molecule has 1 aromatic carbocycles. The van der Waals surface area contributed by atoms with E-state index < -0.39 is 17.1 Å². The molecule has 3 rings (SSSR count). The Balaban J connectivity index is 1.94. The van der Waals surface area contributed by atoms with Crippen LogP contribution in [0.15, 0.2) is 52.6 Å². The molecule has 1 N–H and O–H groups in total. The van der Waals surface area contributed by atoms with E-state index in [4.69, 9.17) is 20.9 Å².